The Morgan fingerprint density at radius 2 is 1.67 bits per heavy atom. The number of hydrogen-bond donors (Lipinski definition) is 5. The zero-order valence-corrected chi connectivity index (χ0v) is 16.0. The molecule has 0 spiro atoms. The van der Waals surface area contributed by atoms with Gasteiger partial charge in [-0.1, -0.05) is 11.8 Å². The van der Waals surface area contributed by atoms with E-state index >= 15 is 0 Å². The average molecular weight is 404 g/mol. The summed E-state index contributed by atoms with van der Waals surface area (Å²) in [7, 11) is 0. The second kappa shape index (κ2) is 9.91. The van der Waals surface area contributed by atoms with Crippen LogP contribution in [0.3, 0.4) is 0 Å². The molecule has 0 aliphatic rings. The number of aliphatic hydroxyl groups is 1. The van der Waals surface area contributed by atoms with Crippen LogP contribution in [0.1, 0.15) is 27.2 Å². The fourth-order valence-corrected chi connectivity index (χ4v) is 2.54. The summed E-state index contributed by atoms with van der Waals surface area (Å²) in [5.74, 6) is 5.45. The topological polar surface area (TPSA) is 127 Å². The maximum atomic E-state index is 11.8. The summed E-state index contributed by atoms with van der Waals surface area (Å²) >= 11 is 0. The van der Waals surface area contributed by atoms with Gasteiger partial charge >= 0.3 is 0 Å². The minimum absolute atomic E-state index is 0.102. The molecule has 2 aromatic carbocycles. The number of H-pyrrole nitrogens is 1. The minimum atomic E-state index is -0.578. The molecular weight excluding hydrogens is 384 g/mol. The number of aromatic amines is 1. The normalized spacial score (nSPS) is 10.0. The largest absolute Gasteiger partial charge is 0.502 e. The first kappa shape index (κ1) is 20.6. The van der Waals surface area contributed by atoms with Gasteiger partial charge in [0.25, 0.3) is 11.5 Å². The third kappa shape index (κ3) is 5.47. The van der Waals surface area contributed by atoms with Crippen molar-refractivity contribution in [2.24, 2.45) is 0 Å². The van der Waals surface area contributed by atoms with Crippen LogP contribution in [0.15, 0.2) is 59.7 Å². The summed E-state index contributed by atoms with van der Waals surface area (Å²) in [4.78, 5) is 29.4. The molecule has 5 N–H and O–H groups in total. The molecule has 3 rings (SSSR count). The van der Waals surface area contributed by atoms with Gasteiger partial charge in [0, 0.05) is 28.9 Å². The lowest BCUT2D eigenvalue weighted by molar-refractivity contribution is 0.0945. The number of nitrogens with zero attached hydrogens (tertiary/aromatic N) is 1. The standard InChI is InChI=1S/C22H20N4O4/c27-12-11-23-21(29)17-7-3-15(4-8-17)1-2-16-5-9-18(10-6-16)24-13-19-20(28)22(30)26-14-25-19/h3-10,14,24,27-28H,11-13H2,(H,23,29)(H,25,26,30). The Morgan fingerprint density at radius 3 is 2.30 bits per heavy atom. The lowest BCUT2D eigenvalue weighted by Gasteiger charge is -2.06. The second-order valence-electron chi connectivity index (χ2n) is 6.26. The molecule has 1 heterocycles. The lowest BCUT2D eigenvalue weighted by Crippen LogP contribution is -2.26. The molecule has 152 valence electrons. The monoisotopic (exact) mass is 404 g/mol. The van der Waals surface area contributed by atoms with E-state index in [4.69, 9.17) is 5.11 Å². The molecule has 0 fully saturated rings. The van der Waals surface area contributed by atoms with Crippen molar-refractivity contribution >= 4 is 11.6 Å². The van der Waals surface area contributed by atoms with Gasteiger partial charge in [-0.3, -0.25) is 9.59 Å². The number of rotatable bonds is 6. The molecule has 0 aliphatic heterocycles. The van der Waals surface area contributed by atoms with E-state index in [0.29, 0.717) is 5.56 Å². The van der Waals surface area contributed by atoms with Crippen LogP contribution >= 0.6 is 0 Å². The predicted octanol–water partition coefficient (Wildman–Crippen LogP) is 1.21. The van der Waals surface area contributed by atoms with Gasteiger partial charge in [-0.05, 0) is 48.5 Å². The highest BCUT2D eigenvalue weighted by Gasteiger charge is 2.06. The summed E-state index contributed by atoms with van der Waals surface area (Å²) in [6, 6.07) is 14.2. The number of carbonyl (C=O) groups excluding carboxylic acids is 1. The highest BCUT2D eigenvalue weighted by molar-refractivity contribution is 5.94. The van der Waals surface area contributed by atoms with Gasteiger partial charge in [0.2, 0.25) is 5.75 Å². The number of nitrogens with one attached hydrogen (secondary N) is 3. The molecule has 1 amide bonds. The van der Waals surface area contributed by atoms with Gasteiger partial charge in [-0.25, -0.2) is 4.98 Å². The van der Waals surface area contributed by atoms with Crippen molar-refractivity contribution in [3.8, 4) is 17.6 Å². The Bertz CT molecular complexity index is 1130. The van der Waals surface area contributed by atoms with E-state index in [1.54, 1.807) is 24.3 Å². The van der Waals surface area contributed by atoms with Crippen LogP contribution in [0, 0.1) is 11.8 Å². The molecule has 0 atom stereocenters. The van der Waals surface area contributed by atoms with Gasteiger partial charge in [0.05, 0.1) is 19.5 Å². The molecule has 0 bridgehead atoms. The smallest absolute Gasteiger partial charge is 0.293 e. The number of aliphatic hydroxyl groups excluding tert-OH is 1. The first-order chi connectivity index (χ1) is 14.6. The lowest BCUT2D eigenvalue weighted by atomic mass is 10.1. The van der Waals surface area contributed by atoms with E-state index in [1.165, 1.54) is 6.33 Å². The van der Waals surface area contributed by atoms with Crippen LogP contribution in [0.2, 0.25) is 0 Å². The van der Waals surface area contributed by atoms with Crippen LogP contribution in [0.4, 0.5) is 5.69 Å². The second-order valence-corrected chi connectivity index (χ2v) is 6.26. The number of benzene rings is 2. The van der Waals surface area contributed by atoms with E-state index in [-0.39, 0.29) is 31.3 Å². The van der Waals surface area contributed by atoms with E-state index in [1.807, 2.05) is 24.3 Å². The molecule has 8 heteroatoms. The van der Waals surface area contributed by atoms with Crippen molar-refractivity contribution in [1.82, 2.24) is 15.3 Å². The van der Waals surface area contributed by atoms with E-state index < -0.39 is 11.3 Å². The van der Waals surface area contributed by atoms with Crippen molar-refractivity contribution in [2.45, 2.75) is 6.54 Å². The van der Waals surface area contributed by atoms with Crippen molar-refractivity contribution in [3.05, 3.63) is 87.6 Å². The number of anilines is 1. The maximum Gasteiger partial charge on any atom is 0.293 e. The summed E-state index contributed by atoms with van der Waals surface area (Å²) in [6.07, 6.45) is 1.24. The molecule has 0 radical (unpaired) electrons. The number of amides is 1. The van der Waals surface area contributed by atoms with E-state index in [2.05, 4.69) is 32.4 Å². The fourth-order valence-electron chi connectivity index (χ4n) is 2.54. The predicted molar refractivity (Wildman–Crippen MR) is 112 cm³/mol. The molecule has 30 heavy (non-hydrogen) atoms. The molecule has 0 aliphatic carbocycles. The highest BCUT2D eigenvalue weighted by Crippen LogP contribution is 2.13. The number of hydrogen-bond acceptors (Lipinski definition) is 6. The summed E-state index contributed by atoms with van der Waals surface area (Å²) in [5.41, 5.74) is 2.56. The van der Waals surface area contributed by atoms with Gasteiger partial charge < -0.3 is 25.8 Å². The third-order valence-electron chi connectivity index (χ3n) is 4.14. The van der Waals surface area contributed by atoms with Crippen LogP contribution < -0.4 is 16.2 Å². The zero-order chi connectivity index (χ0) is 21.3. The van der Waals surface area contributed by atoms with Crippen LogP contribution in [0.5, 0.6) is 5.75 Å². The molecule has 3 aromatic rings. The average Bonchev–Trinajstić information content (AvgIpc) is 2.78. The summed E-state index contributed by atoms with van der Waals surface area (Å²) in [6.45, 7) is 0.320. The van der Waals surface area contributed by atoms with Gasteiger partial charge in [-0.2, -0.15) is 0 Å². The Labute approximate surface area is 172 Å². The van der Waals surface area contributed by atoms with Gasteiger partial charge in [0.15, 0.2) is 0 Å². The van der Waals surface area contributed by atoms with E-state index in [0.717, 1.165) is 16.8 Å². The summed E-state index contributed by atoms with van der Waals surface area (Å²) in [5, 5.41) is 24.1. The Morgan fingerprint density at radius 1 is 1.03 bits per heavy atom. The van der Waals surface area contributed by atoms with Crippen LogP contribution in [-0.2, 0) is 6.54 Å². The van der Waals surface area contributed by atoms with Gasteiger partial charge in [-0.15, -0.1) is 0 Å². The van der Waals surface area contributed by atoms with Crippen molar-refractivity contribution < 1.29 is 15.0 Å². The maximum absolute atomic E-state index is 11.8. The van der Waals surface area contributed by atoms with E-state index in [9.17, 15) is 14.7 Å². The van der Waals surface area contributed by atoms with Crippen molar-refractivity contribution in [1.29, 1.82) is 0 Å². The first-order valence-corrected chi connectivity index (χ1v) is 9.17. The molecule has 8 nitrogen and oxygen atoms in total. The van der Waals surface area contributed by atoms with Crippen molar-refractivity contribution in [2.75, 3.05) is 18.5 Å². The number of carbonyl (C=O) groups is 1. The first-order valence-electron chi connectivity index (χ1n) is 9.17. The molecular formula is C22H20N4O4. The van der Waals surface area contributed by atoms with Crippen molar-refractivity contribution in [3.63, 3.8) is 0 Å². The Hall–Kier alpha value is -4.09. The SMILES string of the molecule is O=C(NCCO)c1ccc(C#Cc2ccc(NCc3nc[nH]c(=O)c3O)cc2)cc1. The highest BCUT2D eigenvalue weighted by atomic mass is 16.3. The Balaban J connectivity index is 1.59. The van der Waals surface area contributed by atoms with Crippen LogP contribution in [-0.4, -0.2) is 39.2 Å². The minimum Gasteiger partial charge on any atom is -0.502 e. The quantitative estimate of drug-likeness (QED) is 0.393. The van der Waals surface area contributed by atoms with Gasteiger partial charge in [0.1, 0.15) is 5.69 Å². The molecule has 0 saturated heterocycles. The fraction of sp³-hybridized carbons (Fsp3) is 0.136. The molecule has 0 saturated carbocycles. The van der Waals surface area contributed by atoms with Crippen LogP contribution in [0.25, 0.3) is 0 Å². The number of aromatic hydroxyl groups is 1. The third-order valence-corrected chi connectivity index (χ3v) is 4.14. The summed E-state index contributed by atoms with van der Waals surface area (Å²) < 4.78 is 0. The Kier molecular flexibility index (Phi) is 6.82. The molecule has 0 unspecified atom stereocenters. The number of aromatic nitrogens is 2. The zero-order valence-electron chi connectivity index (χ0n) is 16.0. The molecule has 1 aromatic heterocycles.